The highest BCUT2D eigenvalue weighted by molar-refractivity contribution is 4.76. The van der Waals surface area contributed by atoms with Crippen LogP contribution in [-0.4, -0.2) is 13.1 Å². The van der Waals surface area contributed by atoms with Crippen LogP contribution in [0.4, 0.5) is 0 Å². The Morgan fingerprint density at radius 2 is 1.60 bits per heavy atom. The van der Waals surface area contributed by atoms with Gasteiger partial charge in [-0.2, -0.15) is 0 Å². The average Bonchev–Trinajstić information content (AvgIpc) is 2.22. The molecule has 0 amide bonds. The van der Waals surface area contributed by atoms with Crippen molar-refractivity contribution in [2.24, 2.45) is 5.41 Å². The van der Waals surface area contributed by atoms with Gasteiger partial charge in [0, 0.05) is 6.54 Å². The second kappa shape index (κ2) is 9.21. The van der Waals surface area contributed by atoms with Gasteiger partial charge in [0.1, 0.15) is 0 Å². The van der Waals surface area contributed by atoms with Gasteiger partial charge in [0.15, 0.2) is 0 Å². The fourth-order valence-corrected chi connectivity index (χ4v) is 2.31. The van der Waals surface area contributed by atoms with Crippen LogP contribution in [0.15, 0.2) is 0 Å². The zero-order valence-electron chi connectivity index (χ0n) is 11.4. The number of rotatable bonds is 10. The molecule has 0 heterocycles. The van der Waals surface area contributed by atoms with Crippen molar-refractivity contribution in [3.8, 4) is 0 Å². The lowest BCUT2D eigenvalue weighted by atomic mass is 9.80. The summed E-state index contributed by atoms with van der Waals surface area (Å²) in [5, 5.41) is 3.51. The molecule has 92 valence electrons. The minimum atomic E-state index is 0.540. The average molecular weight is 213 g/mol. The summed E-state index contributed by atoms with van der Waals surface area (Å²) in [6.45, 7) is 11.5. The van der Waals surface area contributed by atoms with Gasteiger partial charge in [0.05, 0.1) is 0 Å². The Morgan fingerprint density at radius 3 is 2.13 bits per heavy atom. The van der Waals surface area contributed by atoms with E-state index in [1.165, 1.54) is 51.5 Å². The number of unbranched alkanes of at least 4 members (excludes halogenated alkanes) is 3. The summed E-state index contributed by atoms with van der Waals surface area (Å²) < 4.78 is 0. The molecule has 1 nitrogen and oxygen atoms in total. The molecule has 1 N–H and O–H groups in total. The third-order valence-corrected chi connectivity index (χ3v) is 3.29. The number of hydrogen-bond acceptors (Lipinski definition) is 1. The van der Waals surface area contributed by atoms with Crippen LogP contribution < -0.4 is 5.32 Å². The molecule has 0 aromatic heterocycles. The van der Waals surface area contributed by atoms with Crippen LogP contribution >= 0.6 is 0 Å². The topological polar surface area (TPSA) is 12.0 Å². The molecule has 0 aliphatic rings. The molecule has 0 aromatic rings. The quantitative estimate of drug-likeness (QED) is 0.531. The molecule has 1 atom stereocenters. The van der Waals surface area contributed by atoms with Crippen LogP contribution in [0.2, 0.25) is 0 Å². The predicted molar refractivity (Wildman–Crippen MR) is 70.3 cm³/mol. The van der Waals surface area contributed by atoms with Gasteiger partial charge in [0.2, 0.25) is 0 Å². The molecular weight excluding hydrogens is 182 g/mol. The predicted octanol–water partition coefficient (Wildman–Crippen LogP) is 4.37. The summed E-state index contributed by atoms with van der Waals surface area (Å²) in [4.78, 5) is 0. The molecule has 0 bridgehead atoms. The van der Waals surface area contributed by atoms with E-state index in [1.54, 1.807) is 0 Å². The first kappa shape index (κ1) is 15.0. The maximum atomic E-state index is 3.51. The van der Waals surface area contributed by atoms with Crippen LogP contribution in [0, 0.1) is 5.41 Å². The van der Waals surface area contributed by atoms with Gasteiger partial charge in [0.25, 0.3) is 0 Å². The first-order valence-corrected chi connectivity index (χ1v) is 6.89. The zero-order valence-corrected chi connectivity index (χ0v) is 11.4. The smallest absolute Gasteiger partial charge is 0.000504 e. The van der Waals surface area contributed by atoms with E-state index in [9.17, 15) is 0 Å². The van der Waals surface area contributed by atoms with Crippen LogP contribution in [-0.2, 0) is 0 Å². The van der Waals surface area contributed by atoms with Gasteiger partial charge < -0.3 is 5.32 Å². The summed E-state index contributed by atoms with van der Waals surface area (Å²) in [5.41, 5.74) is 0.540. The van der Waals surface area contributed by atoms with Gasteiger partial charge in [-0.25, -0.2) is 0 Å². The molecule has 0 rings (SSSR count). The van der Waals surface area contributed by atoms with Crippen molar-refractivity contribution in [1.29, 1.82) is 0 Å². The summed E-state index contributed by atoms with van der Waals surface area (Å²) in [7, 11) is 0. The van der Waals surface area contributed by atoms with E-state index in [2.05, 4.69) is 33.0 Å². The van der Waals surface area contributed by atoms with E-state index in [0.717, 1.165) is 6.54 Å². The van der Waals surface area contributed by atoms with Crippen molar-refractivity contribution < 1.29 is 0 Å². The van der Waals surface area contributed by atoms with Crippen molar-refractivity contribution in [2.45, 2.75) is 72.6 Å². The second-order valence-electron chi connectivity index (χ2n) is 5.15. The van der Waals surface area contributed by atoms with E-state index in [1.807, 2.05) is 0 Å². The Balaban J connectivity index is 3.78. The highest BCUT2D eigenvalue weighted by atomic mass is 14.9. The fraction of sp³-hybridized carbons (Fsp3) is 1.00. The minimum absolute atomic E-state index is 0.540. The summed E-state index contributed by atoms with van der Waals surface area (Å²) in [6.07, 6.45) is 9.66. The van der Waals surface area contributed by atoms with Crippen LogP contribution in [0.1, 0.15) is 72.6 Å². The molecule has 0 spiro atoms. The molecular formula is C14H31N. The Bertz CT molecular complexity index is 133. The SMILES string of the molecule is CCCCCCC(C)(CCC)CNCC. The fourth-order valence-electron chi connectivity index (χ4n) is 2.31. The van der Waals surface area contributed by atoms with E-state index in [-0.39, 0.29) is 0 Å². The van der Waals surface area contributed by atoms with E-state index >= 15 is 0 Å². The summed E-state index contributed by atoms with van der Waals surface area (Å²) >= 11 is 0. The van der Waals surface area contributed by atoms with Gasteiger partial charge in [-0.3, -0.25) is 0 Å². The van der Waals surface area contributed by atoms with Crippen molar-refractivity contribution >= 4 is 0 Å². The normalized spacial score (nSPS) is 15.2. The molecule has 0 aliphatic carbocycles. The third-order valence-electron chi connectivity index (χ3n) is 3.29. The molecule has 1 unspecified atom stereocenters. The highest BCUT2D eigenvalue weighted by Crippen LogP contribution is 2.29. The number of nitrogens with one attached hydrogen (secondary N) is 1. The largest absolute Gasteiger partial charge is 0.316 e. The molecule has 1 heteroatoms. The van der Waals surface area contributed by atoms with Gasteiger partial charge in [-0.05, 0) is 24.8 Å². The molecule has 15 heavy (non-hydrogen) atoms. The Hall–Kier alpha value is -0.0400. The molecule has 0 saturated heterocycles. The molecule has 0 radical (unpaired) electrons. The second-order valence-corrected chi connectivity index (χ2v) is 5.15. The van der Waals surface area contributed by atoms with E-state index < -0.39 is 0 Å². The van der Waals surface area contributed by atoms with Crippen molar-refractivity contribution in [3.63, 3.8) is 0 Å². The third kappa shape index (κ3) is 7.84. The van der Waals surface area contributed by atoms with Crippen LogP contribution in [0.25, 0.3) is 0 Å². The lowest BCUT2D eigenvalue weighted by molar-refractivity contribution is 0.248. The van der Waals surface area contributed by atoms with Crippen molar-refractivity contribution in [3.05, 3.63) is 0 Å². The van der Waals surface area contributed by atoms with E-state index in [4.69, 9.17) is 0 Å². The Morgan fingerprint density at radius 1 is 0.867 bits per heavy atom. The summed E-state index contributed by atoms with van der Waals surface area (Å²) in [6, 6.07) is 0. The lowest BCUT2D eigenvalue weighted by Crippen LogP contribution is -2.31. The van der Waals surface area contributed by atoms with Gasteiger partial charge >= 0.3 is 0 Å². The highest BCUT2D eigenvalue weighted by Gasteiger charge is 2.21. The first-order valence-electron chi connectivity index (χ1n) is 6.89. The summed E-state index contributed by atoms with van der Waals surface area (Å²) in [5.74, 6) is 0. The maximum Gasteiger partial charge on any atom is 0.000504 e. The van der Waals surface area contributed by atoms with Crippen LogP contribution in [0.5, 0.6) is 0 Å². The first-order chi connectivity index (χ1) is 7.18. The van der Waals surface area contributed by atoms with Gasteiger partial charge in [-0.1, -0.05) is 59.8 Å². The minimum Gasteiger partial charge on any atom is -0.316 e. The van der Waals surface area contributed by atoms with E-state index in [0.29, 0.717) is 5.41 Å². The van der Waals surface area contributed by atoms with Crippen molar-refractivity contribution in [1.82, 2.24) is 5.32 Å². The Kier molecular flexibility index (Phi) is 9.18. The molecule has 0 saturated carbocycles. The molecule has 0 aromatic carbocycles. The van der Waals surface area contributed by atoms with Crippen molar-refractivity contribution in [2.75, 3.05) is 13.1 Å². The van der Waals surface area contributed by atoms with Crippen LogP contribution in [0.3, 0.4) is 0 Å². The standard InChI is InChI=1S/C14H31N/c1-5-8-9-10-12-14(4,11-6-2)13-15-7-3/h15H,5-13H2,1-4H3. The number of hydrogen-bond donors (Lipinski definition) is 1. The zero-order chi connectivity index (χ0) is 11.6. The molecule has 0 aliphatic heterocycles. The molecule has 0 fully saturated rings. The van der Waals surface area contributed by atoms with Gasteiger partial charge in [-0.15, -0.1) is 0 Å². The Labute approximate surface area is 97.0 Å². The lowest BCUT2D eigenvalue weighted by Gasteiger charge is -2.29. The monoisotopic (exact) mass is 213 g/mol. The maximum absolute atomic E-state index is 3.51.